The van der Waals surface area contributed by atoms with Crippen molar-refractivity contribution in [3.8, 4) is 0 Å². The fourth-order valence-corrected chi connectivity index (χ4v) is 3.61. The highest BCUT2D eigenvalue weighted by Crippen LogP contribution is 2.34. The second-order valence-electron chi connectivity index (χ2n) is 6.97. The molecule has 0 radical (unpaired) electrons. The number of fused-ring (bicyclic) bond motifs is 1. The van der Waals surface area contributed by atoms with E-state index in [4.69, 9.17) is 4.99 Å². The van der Waals surface area contributed by atoms with E-state index < -0.39 is 0 Å². The van der Waals surface area contributed by atoms with E-state index in [1.165, 1.54) is 16.7 Å². The summed E-state index contributed by atoms with van der Waals surface area (Å²) in [6, 6.07) is 16.7. The highest BCUT2D eigenvalue weighted by atomic mass is 15.2. The highest BCUT2D eigenvalue weighted by molar-refractivity contribution is 5.90. The Labute approximate surface area is 154 Å². The summed E-state index contributed by atoms with van der Waals surface area (Å²) in [5.74, 6) is 0.751. The third-order valence-corrected chi connectivity index (χ3v) is 5.37. The van der Waals surface area contributed by atoms with E-state index in [-0.39, 0.29) is 6.17 Å². The predicted molar refractivity (Wildman–Crippen MR) is 107 cm³/mol. The molecule has 4 nitrogen and oxygen atoms in total. The van der Waals surface area contributed by atoms with Crippen molar-refractivity contribution >= 4 is 17.3 Å². The zero-order valence-electron chi connectivity index (χ0n) is 15.2. The third-order valence-electron chi connectivity index (χ3n) is 5.37. The van der Waals surface area contributed by atoms with Crippen LogP contribution in [-0.4, -0.2) is 22.0 Å². The predicted octanol–water partition coefficient (Wildman–Crippen LogP) is 4.19. The summed E-state index contributed by atoms with van der Waals surface area (Å²) >= 11 is 0. The number of aliphatic imine (C=N–C) groups is 1. The van der Waals surface area contributed by atoms with Crippen LogP contribution in [0.2, 0.25) is 0 Å². The minimum Gasteiger partial charge on any atom is -0.291 e. The van der Waals surface area contributed by atoms with Gasteiger partial charge in [0, 0.05) is 24.5 Å². The largest absolute Gasteiger partial charge is 0.291 e. The van der Waals surface area contributed by atoms with Crippen LogP contribution in [0.25, 0.3) is 11.1 Å². The van der Waals surface area contributed by atoms with Crippen molar-refractivity contribution in [2.75, 3.05) is 0 Å². The fourth-order valence-electron chi connectivity index (χ4n) is 3.61. The van der Waals surface area contributed by atoms with Gasteiger partial charge in [0.2, 0.25) is 0 Å². The first-order valence-electron chi connectivity index (χ1n) is 9.17. The van der Waals surface area contributed by atoms with E-state index in [1.807, 2.05) is 35.3 Å². The Balaban J connectivity index is 1.54. The molecule has 2 aromatic heterocycles. The number of nitrogens with one attached hydrogen (secondary N) is 1. The highest BCUT2D eigenvalue weighted by Gasteiger charge is 2.27. The Bertz CT molecular complexity index is 939. The monoisotopic (exact) mass is 344 g/mol. The molecule has 4 rings (SSSR count). The van der Waals surface area contributed by atoms with Gasteiger partial charge in [0.15, 0.2) is 0 Å². The van der Waals surface area contributed by atoms with Gasteiger partial charge in [0.25, 0.3) is 0 Å². The number of aromatic nitrogens is 2. The summed E-state index contributed by atoms with van der Waals surface area (Å²) < 4.78 is 1.93. The first kappa shape index (κ1) is 16.7. The van der Waals surface area contributed by atoms with Crippen LogP contribution >= 0.6 is 0 Å². The van der Waals surface area contributed by atoms with Gasteiger partial charge < -0.3 is 0 Å². The Kier molecular flexibility index (Phi) is 4.67. The van der Waals surface area contributed by atoms with Crippen LogP contribution in [-0.2, 0) is 6.54 Å². The van der Waals surface area contributed by atoms with Crippen molar-refractivity contribution in [1.29, 1.82) is 0 Å². The molecular weight excluding hydrogens is 320 g/mol. The van der Waals surface area contributed by atoms with Crippen LogP contribution in [0.1, 0.15) is 25.0 Å². The molecule has 4 heteroatoms. The number of pyridine rings is 1. The zero-order chi connectivity index (χ0) is 17.9. The lowest BCUT2D eigenvalue weighted by atomic mass is 9.84. The molecule has 0 amide bonds. The standard InChI is InChI=1S/C22H24N4/c1-16-17(2)22(24-14-18-8-4-3-5-9-18)23-12-11-19(16)20-15-25-26-13-7-6-10-21(20)26/h3-13,15-17,22,24H,14H2,1-2H3. The average molecular weight is 344 g/mol. The number of hydrogen-bond acceptors (Lipinski definition) is 3. The van der Waals surface area contributed by atoms with E-state index in [9.17, 15) is 0 Å². The van der Waals surface area contributed by atoms with Crippen molar-refractivity contribution in [3.05, 3.63) is 78.1 Å². The van der Waals surface area contributed by atoms with Crippen molar-refractivity contribution in [2.45, 2.75) is 26.6 Å². The molecule has 0 saturated heterocycles. The molecule has 26 heavy (non-hydrogen) atoms. The zero-order valence-corrected chi connectivity index (χ0v) is 15.2. The first-order chi connectivity index (χ1) is 12.7. The van der Waals surface area contributed by atoms with Gasteiger partial charge in [-0.25, -0.2) is 4.52 Å². The van der Waals surface area contributed by atoms with E-state index >= 15 is 0 Å². The minimum absolute atomic E-state index is 0.0980. The average Bonchev–Trinajstić information content (AvgIpc) is 3.05. The van der Waals surface area contributed by atoms with Crippen molar-refractivity contribution in [3.63, 3.8) is 0 Å². The number of nitrogens with zero attached hydrogens (tertiary/aromatic N) is 3. The lowest BCUT2D eigenvalue weighted by molar-refractivity contribution is 0.335. The Morgan fingerprint density at radius 2 is 1.85 bits per heavy atom. The molecule has 1 aromatic carbocycles. The minimum atomic E-state index is 0.0980. The molecule has 132 valence electrons. The van der Waals surface area contributed by atoms with Gasteiger partial charge in [-0.2, -0.15) is 5.10 Å². The van der Waals surface area contributed by atoms with Gasteiger partial charge in [0.05, 0.1) is 11.7 Å². The molecule has 0 saturated carbocycles. The summed E-state index contributed by atoms with van der Waals surface area (Å²) in [5.41, 5.74) is 4.91. The molecule has 3 aromatic rings. The summed E-state index contributed by atoms with van der Waals surface area (Å²) in [7, 11) is 0. The van der Waals surface area contributed by atoms with Crippen LogP contribution in [0.15, 0.2) is 72.0 Å². The van der Waals surface area contributed by atoms with Gasteiger partial charge in [-0.15, -0.1) is 0 Å². The molecule has 3 unspecified atom stereocenters. The van der Waals surface area contributed by atoms with E-state index in [0.29, 0.717) is 11.8 Å². The molecule has 3 heterocycles. The molecule has 0 aliphatic carbocycles. The second-order valence-corrected chi connectivity index (χ2v) is 6.97. The third kappa shape index (κ3) is 3.20. The second kappa shape index (κ2) is 7.26. The summed E-state index contributed by atoms with van der Waals surface area (Å²) in [4.78, 5) is 4.77. The Morgan fingerprint density at radius 1 is 1.04 bits per heavy atom. The topological polar surface area (TPSA) is 41.7 Å². The van der Waals surface area contributed by atoms with E-state index in [0.717, 1.165) is 12.1 Å². The van der Waals surface area contributed by atoms with Gasteiger partial charge in [0.1, 0.15) is 6.17 Å². The summed E-state index contributed by atoms with van der Waals surface area (Å²) in [6.45, 7) is 5.39. The normalized spacial score (nSPS) is 23.0. The maximum Gasteiger partial charge on any atom is 0.103 e. The quantitative estimate of drug-likeness (QED) is 0.771. The molecular formula is C22H24N4. The Hall–Kier alpha value is -2.72. The number of hydrogen-bond donors (Lipinski definition) is 1. The van der Waals surface area contributed by atoms with Crippen LogP contribution in [0.5, 0.6) is 0 Å². The smallest absolute Gasteiger partial charge is 0.103 e. The number of rotatable bonds is 4. The number of allylic oxidation sites excluding steroid dienone is 2. The van der Waals surface area contributed by atoms with Crippen LogP contribution in [0.3, 0.4) is 0 Å². The van der Waals surface area contributed by atoms with Crippen LogP contribution < -0.4 is 5.32 Å². The SMILES string of the molecule is CC1C(c2cnn3ccccc23)=CC=NC(NCc2ccccc2)C1C. The fraction of sp³-hybridized carbons (Fsp3) is 0.273. The number of benzene rings is 1. The van der Waals surface area contributed by atoms with Gasteiger partial charge >= 0.3 is 0 Å². The lowest BCUT2D eigenvalue weighted by Crippen LogP contribution is -2.35. The maximum atomic E-state index is 4.77. The van der Waals surface area contributed by atoms with Crippen molar-refractivity contribution in [1.82, 2.24) is 14.9 Å². The van der Waals surface area contributed by atoms with Gasteiger partial charge in [-0.1, -0.05) is 50.2 Å². The summed E-state index contributed by atoms with van der Waals surface area (Å²) in [5, 5.41) is 8.10. The van der Waals surface area contributed by atoms with Crippen molar-refractivity contribution < 1.29 is 0 Å². The molecule has 0 bridgehead atoms. The van der Waals surface area contributed by atoms with Crippen molar-refractivity contribution in [2.24, 2.45) is 16.8 Å². The van der Waals surface area contributed by atoms with Crippen LogP contribution in [0.4, 0.5) is 0 Å². The van der Waals surface area contributed by atoms with Gasteiger partial charge in [-0.05, 0) is 41.2 Å². The lowest BCUT2D eigenvalue weighted by Gasteiger charge is -2.27. The van der Waals surface area contributed by atoms with Gasteiger partial charge in [-0.3, -0.25) is 10.3 Å². The molecule has 0 fully saturated rings. The van der Waals surface area contributed by atoms with E-state index in [2.05, 4.69) is 66.7 Å². The summed E-state index contributed by atoms with van der Waals surface area (Å²) in [6.07, 6.45) is 8.15. The maximum absolute atomic E-state index is 4.77. The Morgan fingerprint density at radius 3 is 2.69 bits per heavy atom. The van der Waals surface area contributed by atoms with E-state index in [1.54, 1.807) is 0 Å². The molecule has 0 spiro atoms. The molecule has 3 atom stereocenters. The molecule has 1 aliphatic rings. The first-order valence-corrected chi connectivity index (χ1v) is 9.17. The van der Waals surface area contributed by atoms with Crippen LogP contribution in [0, 0.1) is 11.8 Å². The molecule has 1 aliphatic heterocycles. The molecule has 1 N–H and O–H groups in total.